The van der Waals surface area contributed by atoms with Gasteiger partial charge in [-0.3, -0.25) is 0 Å². The lowest BCUT2D eigenvalue weighted by Gasteiger charge is -2.08. The molecule has 0 spiro atoms. The maximum absolute atomic E-state index is 5.55. The molecule has 1 saturated carbocycles. The molecule has 0 aromatic heterocycles. The molecule has 92 valence electrons. The van der Waals surface area contributed by atoms with Crippen molar-refractivity contribution in [1.82, 2.24) is 5.32 Å². The maximum Gasteiger partial charge on any atom is 0.0591 e. The van der Waals surface area contributed by atoms with Gasteiger partial charge in [-0.25, -0.2) is 0 Å². The molecule has 0 atom stereocenters. The lowest BCUT2D eigenvalue weighted by atomic mass is 10.1. The smallest absolute Gasteiger partial charge is 0.0591 e. The lowest BCUT2D eigenvalue weighted by Crippen LogP contribution is -2.21. The second-order valence-electron chi connectivity index (χ2n) is 4.66. The molecule has 0 aliphatic heterocycles. The third-order valence-corrected chi connectivity index (χ3v) is 2.99. The molecular weight excluding hydrogens is 210 g/mol. The molecule has 2 heteroatoms. The SMILES string of the molecule is C=C(CNCCOCC1CC1)c1ccccc1. The summed E-state index contributed by atoms with van der Waals surface area (Å²) < 4.78 is 5.55. The molecule has 1 N–H and O–H groups in total. The van der Waals surface area contributed by atoms with Crippen LogP contribution in [0.3, 0.4) is 0 Å². The standard InChI is InChI=1S/C15H21NO/c1-13(15-5-3-2-4-6-15)11-16-9-10-17-12-14-7-8-14/h2-6,14,16H,1,7-12H2. The van der Waals surface area contributed by atoms with Gasteiger partial charge in [0.2, 0.25) is 0 Å². The Morgan fingerprint density at radius 1 is 1.29 bits per heavy atom. The second-order valence-corrected chi connectivity index (χ2v) is 4.66. The van der Waals surface area contributed by atoms with Crippen molar-refractivity contribution in [1.29, 1.82) is 0 Å². The van der Waals surface area contributed by atoms with Crippen molar-refractivity contribution in [3.63, 3.8) is 0 Å². The van der Waals surface area contributed by atoms with Crippen LogP contribution in [0.4, 0.5) is 0 Å². The Labute approximate surface area is 104 Å². The van der Waals surface area contributed by atoms with Crippen LogP contribution in [0.25, 0.3) is 5.57 Å². The number of rotatable bonds is 8. The summed E-state index contributed by atoms with van der Waals surface area (Å²) in [4.78, 5) is 0. The molecule has 0 bridgehead atoms. The van der Waals surface area contributed by atoms with Gasteiger partial charge in [0.25, 0.3) is 0 Å². The first-order valence-electron chi connectivity index (χ1n) is 6.38. The third-order valence-electron chi connectivity index (χ3n) is 2.99. The van der Waals surface area contributed by atoms with Gasteiger partial charge in [-0.2, -0.15) is 0 Å². The fourth-order valence-corrected chi connectivity index (χ4v) is 1.69. The summed E-state index contributed by atoms with van der Waals surface area (Å²) in [6.07, 6.45) is 2.72. The number of benzene rings is 1. The van der Waals surface area contributed by atoms with Crippen molar-refractivity contribution in [2.24, 2.45) is 5.92 Å². The summed E-state index contributed by atoms with van der Waals surface area (Å²) in [7, 11) is 0. The average molecular weight is 231 g/mol. The van der Waals surface area contributed by atoms with Crippen molar-refractivity contribution in [3.05, 3.63) is 42.5 Å². The largest absolute Gasteiger partial charge is 0.380 e. The maximum atomic E-state index is 5.55. The first kappa shape index (κ1) is 12.3. The molecule has 1 aliphatic carbocycles. The molecule has 0 heterocycles. The molecule has 1 aromatic rings. The Hall–Kier alpha value is -1.12. The first-order valence-corrected chi connectivity index (χ1v) is 6.38. The minimum Gasteiger partial charge on any atom is -0.380 e. The van der Waals surface area contributed by atoms with Crippen molar-refractivity contribution in [2.45, 2.75) is 12.8 Å². The van der Waals surface area contributed by atoms with Crippen LogP contribution >= 0.6 is 0 Å². The van der Waals surface area contributed by atoms with Gasteiger partial charge in [-0.05, 0) is 29.9 Å². The monoisotopic (exact) mass is 231 g/mol. The minimum atomic E-state index is 0.804. The van der Waals surface area contributed by atoms with Gasteiger partial charge in [0.1, 0.15) is 0 Å². The van der Waals surface area contributed by atoms with Crippen LogP contribution in [-0.4, -0.2) is 26.3 Å². The average Bonchev–Trinajstić information content (AvgIpc) is 3.18. The van der Waals surface area contributed by atoms with E-state index in [9.17, 15) is 0 Å². The van der Waals surface area contributed by atoms with Gasteiger partial charge in [0.05, 0.1) is 6.61 Å². The lowest BCUT2D eigenvalue weighted by molar-refractivity contribution is 0.127. The van der Waals surface area contributed by atoms with E-state index in [1.165, 1.54) is 18.4 Å². The zero-order valence-corrected chi connectivity index (χ0v) is 10.3. The van der Waals surface area contributed by atoms with Crippen LogP contribution in [0.1, 0.15) is 18.4 Å². The van der Waals surface area contributed by atoms with Crippen LogP contribution in [-0.2, 0) is 4.74 Å². The normalized spacial score (nSPS) is 14.8. The van der Waals surface area contributed by atoms with E-state index >= 15 is 0 Å². The predicted octanol–water partition coefficient (Wildman–Crippen LogP) is 2.72. The molecule has 17 heavy (non-hydrogen) atoms. The van der Waals surface area contributed by atoms with Crippen LogP contribution < -0.4 is 5.32 Å². The topological polar surface area (TPSA) is 21.3 Å². The fourth-order valence-electron chi connectivity index (χ4n) is 1.69. The Bertz CT molecular complexity index is 343. The highest BCUT2D eigenvalue weighted by atomic mass is 16.5. The first-order chi connectivity index (χ1) is 8.36. The summed E-state index contributed by atoms with van der Waals surface area (Å²) in [5.74, 6) is 0.856. The summed E-state index contributed by atoms with van der Waals surface area (Å²) in [5.41, 5.74) is 2.34. The summed E-state index contributed by atoms with van der Waals surface area (Å²) in [6, 6.07) is 10.3. The zero-order valence-electron chi connectivity index (χ0n) is 10.3. The second kappa shape index (κ2) is 6.58. The van der Waals surface area contributed by atoms with Crippen LogP contribution in [0.2, 0.25) is 0 Å². The number of hydrogen-bond acceptors (Lipinski definition) is 2. The molecule has 0 unspecified atom stereocenters. The molecule has 1 aliphatic rings. The highest BCUT2D eigenvalue weighted by Crippen LogP contribution is 2.28. The van der Waals surface area contributed by atoms with E-state index in [4.69, 9.17) is 4.74 Å². The quantitative estimate of drug-likeness (QED) is 0.695. The Kier molecular flexibility index (Phi) is 4.77. The molecular formula is C15H21NO. The summed E-state index contributed by atoms with van der Waals surface area (Å²) >= 11 is 0. The van der Waals surface area contributed by atoms with Crippen LogP contribution in [0, 0.1) is 5.92 Å². The highest BCUT2D eigenvalue weighted by molar-refractivity contribution is 5.64. The van der Waals surface area contributed by atoms with E-state index in [1.54, 1.807) is 0 Å². The summed E-state index contributed by atoms with van der Waals surface area (Å²) in [6.45, 7) is 7.56. The molecule has 2 rings (SSSR count). The molecule has 1 fully saturated rings. The zero-order chi connectivity index (χ0) is 11.9. The van der Waals surface area contributed by atoms with E-state index in [0.29, 0.717) is 0 Å². The van der Waals surface area contributed by atoms with Crippen LogP contribution in [0.15, 0.2) is 36.9 Å². The van der Waals surface area contributed by atoms with Crippen molar-refractivity contribution >= 4 is 5.57 Å². The minimum absolute atomic E-state index is 0.804. The van der Waals surface area contributed by atoms with Gasteiger partial charge < -0.3 is 10.1 Å². The molecule has 0 amide bonds. The van der Waals surface area contributed by atoms with Crippen molar-refractivity contribution in [3.8, 4) is 0 Å². The summed E-state index contributed by atoms with van der Waals surface area (Å²) in [5, 5.41) is 3.35. The fraction of sp³-hybridized carbons (Fsp3) is 0.467. The van der Waals surface area contributed by atoms with Gasteiger partial charge in [0.15, 0.2) is 0 Å². The Balaban J connectivity index is 1.53. The molecule has 1 aromatic carbocycles. The van der Waals surface area contributed by atoms with Gasteiger partial charge in [-0.1, -0.05) is 36.9 Å². The van der Waals surface area contributed by atoms with E-state index < -0.39 is 0 Å². The molecule has 0 radical (unpaired) electrons. The Morgan fingerprint density at radius 3 is 2.76 bits per heavy atom. The van der Waals surface area contributed by atoms with Gasteiger partial charge in [-0.15, -0.1) is 0 Å². The predicted molar refractivity (Wildman–Crippen MR) is 71.9 cm³/mol. The highest BCUT2D eigenvalue weighted by Gasteiger charge is 2.20. The van der Waals surface area contributed by atoms with E-state index in [-0.39, 0.29) is 0 Å². The van der Waals surface area contributed by atoms with Crippen LogP contribution in [0.5, 0.6) is 0 Å². The number of nitrogens with one attached hydrogen (secondary N) is 1. The third kappa shape index (κ3) is 4.72. The van der Waals surface area contributed by atoms with Crippen molar-refractivity contribution in [2.75, 3.05) is 26.3 Å². The van der Waals surface area contributed by atoms with E-state index in [0.717, 1.165) is 37.8 Å². The number of ether oxygens (including phenoxy) is 1. The Morgan fingerprint density at radius 2 is 2.06 bits per heavy atom. The van der Waals surface area contributed by atoms with E-state index in [2.05, 4.69) is 24.0 Å². The van der Waals surface area contributed by atoms with Gasteiger partial charge in [0, 0.05) is 19.7 Å². The van der Waals surface area contributed by atoms with Gasteiger partial charge >= 0.3 is 0 Å². The number of hydrogen-bond donors (Lipinski definition) is 1. The van der Waals surface area contributed by atoms with E-state index in [1.807, 2.05) is 18.2 Å². The van der Waals surface area contributed by atoms with Crippen molar-refractivity contribution < 1.29 is 4.74 Å². The molecule has 2 nitrogen and oxygen atoms in total. The molecule has 0 saturated heterocycles.